The molecule has 4 rings (SSSR count). The van der Waals surface area contributed by atoms with Crippen molar-refractivity contribution in [3.05, 3.63) is 58.8 Å². The molecule has 2 aromatic carbocycles. The molecule has 0 bridgehead atoms. The number of fused-ring (bicyclic) bond motifs is 1. The van der Waals surface area contributed by atoms with Gasteiger partial charge in [0.1, 0.15) is 5.82 Å². The van der Waals surface area contributed by atoms with Crippen LogP contribution in [-0.2, 0) is 4.79 Å². The molecule has 0 aliphatic carbocycles. The Balaban J connectivity index is 1.64. The number of imidazole rings is 1. The van der Waals surface area contributed by atoms with Crippen LogP contribution in [0.1, 0.15) is 18.2 Å². The molecule has 1 aliphatic heterocycles. The molecule has 0 saturated carbocycles. The molecule has 1 saturated heterocycles. The summed E-state index contributed by atoms with van der Waals surface area (Å²) < 4.78 is 0.977. The van der Waals surface area contributed by atoms with Crippen LogP contribution in [0.4, 0.5) is 5.69 Å². The molecular weight excluding hydrogens is 342 g/mol. The summed E-state index contributed by atoms with van der Waals surface area (Å²) >= 11 is 3.46. The van der Waals surface area contributed by atoms with Crippen LogP contribution in [0.2, 0.25) is 0 Å². The molecule has 0 radical (unpaired) electrons. The summed E-state index contributed by atoms with van der Waals surface area (Å²) in [6.45, 7) is 0.662. The number of nitrogens with one attached hydrogen (secondary N) is 1. The van der Waals surface area contributed by atoms with Gasteiger partial charge in [-0.25, -0.2) is 4.98 Å². The summed E-state index contributed by atoms with van der Waals surface area (Å²) in [5.74, 6) is 1.15. The van der Waals surface area contributed by atoms with Gasteiger partial charge in [0.2, 0.25) is 5.91 Å². The molecule has 1 fully saturated rings. The lowest BCUT2D eigenvalue weighted by molar-refractivity contribution is -0.117. The molecule has 4 nitrogen and oxygen atoms in total. The number of carbonyl (C=O) groups excluding carboxylic acids is 1. The predicted octanol–water partition coefficient (Wildman–Crippen LogP) is 3.85. The summed E-state index contributed by atoms with van der Waals surface area (Å²) in [5.41, 5.74) is 2.90. The monoisotopic (exact) mass is 355 g/mol. The molecule has 3 aromatic rings. The zero-order chi connectivity index (χ0) is 15.1. The van der Waals surface area contributed by atoms with Gasteiger partial charge in [0.05, 0.1) is 11.0 Å². The molecule has 110 valence electrons. The Morgan fingerprint density at radius 1 is 1.18 bits per heavy atom. The second kappa shape index (κ2) is 5.25. The first kappa shape index (κ1) is 13.5. The molecule has 1 amide bonds. The molecule has 1 aliphatic rings. The van der Waals surface area contributed by atoms with E-state index in [9.17, 15) is 4.79 Å². The fourth-order valence-corrected chi connectivity index (χ4v) is 3.34. The van der Waals surface area contributed by atoms with E-state index in [-0.39, 0.29) is 11.8 Å². The number of anilines is 1. The van der Waals surface area contributed by atoms with Crippen LogP contribution in [0.15, 0.2) is 53.0 Å². The van der Waals surface area contributed by atoms with Crippen molar-refractivity contribution in [2.45, 2.75) is 12.3 Å². The molecule has 1 atom stereocenters. The zero-order valence-electron chi connectivity index (χ0n) is 11.8. The Bertz CT molecular complexity index is 825. The van der Waals surface area contributed by atoms with Crippen LogP contribution < -0.4 is 4.90 Å². The van der Waals surface area contributed by atoms with Crippen molar-refractivity contribution in [1.82, 2.24) is 9.97 Å². The van der Waals surface area contributed by atoms with Crippen LogP contribution in [0.5, 0.6) is 0 Å². The van der Waals surface area contributed by atoms with Gasteiger partial charge >= 0.3 is 0 Å². The van der Waals surface area contributed by atoms with Crippen molar-refractivity contribution in [3.63, 3.8) is 0 Å². The molecule has 1 N–H and O–H groups in total. The first-order valence-corrected chi connectivity index (χ1v) is 8.00. The third-order valence-corrected chi connectivity index (χ3v) is 4.53. The highest BCUT2D eigenvalue weighted by atomic mass is 79.9. The van der Waals surface area contributed by atoms with Gasteiger partial charge in [-0.3, -0.25) is 4.79 Å². The van der Waals surface area contributed by atoms with E-state index in [1.807, 2.05) is 53.4 Å². The fraction of sp³-hybridized carbons (Fsp3) is 0.176. The number of aromatic amines is 1. The number of amides is 1. The van der Waals surface area contributed by atoms with Gasteiger partial charge in [-0.2, -0.15) is 0 Å². The van der Waals surface area contributed by atoms with E-state index in [1.54, 1.807) is 0 Å². The summed E-state index contributed by atoms with van der Waals surface area (Å²) in [6.07, 6.45) is 0.492. The minimum atomic E-state index is 0.110. The topological polar surface area (TPSA) is 49.0 Å². The van der Waals surface area contributed by atoms with Crippen molar-refractivity contribution in [1.29, 1.82) is 0 Å². The average molecular weight is 356 g/mol. The Hall–Kier alpha value is -2.14. The number of benzene rings is 2. The van der Waals surface area contributed by atoms with Gasteiger partial charge in [-0.15, -0.1) is 0 Å². The highest BCUT2D eigenvalue weighted by molar-refractivity contribution is 9.10. The molecular formula is C17H14BrN3O. The van der Waals surface area contributed by atoms with Gasteiger partial charge in [0.15, 0.2) is 0 Å². The van der Waals surface area contributed by atoms with E-state index in [4.69, 9.17) is 0 Å². The molecule has 5 heteroatoms. The smallest absolute Gasteiger partial charge is 0.227 e. The Morgan fingerprint density at radius 3 is 2.86 bits per heavy atom. The van der Waals surface area contributed by atoms with Gasteiger partial charge in [-0.1, -0.05) is 34.1 Å². The maximum atomic E-state index is 12.4. The summed E-state index contributed by atoms with van der Waals surface area (Å²) in [6, 6.07) is 15.8. The average Bonchev–Trinajstić information content (AvgIpc) is 3.10. The molecule has 1 aromatic heterocycles. The first-order valence-electron chi connectivity index (χ1n) is 7.21. The Labute approximate surface area is 136 Å². The van der Waals surface area contributed by atoms with Crippen LogP contribution in [0, 0.1) is 0 Å². The molecule has 0 unspecified atom stereocenters. The van der Waals surface area contributed by atoms with Crippen LogP contribution in [0.3, 0.4) is 0 Å². The second-order valence-electron chi connectivity index (χ2n) is 5.52. The number of aromatic nitrogens is 2. The number of hydrogen-bond acceptors (Lipinski definition) is 2. The third kappa shape index (κ3) is 2.31. The standard InChI is InChI=1S/C17H14BrN3O/c18-12-4-3-5-13(9-12)21-10-11(8-16(21)22)17-19-14-6-1-2-7-15(14)20-17/h1-7,9,11H,8,10H2,(H,19,20)/t11-/m1/s1. The maximum absolute atomic E-state index is 12.4. The summed E-state index contributed by atoms with van der Waals surface area (Å²) in [5, 5.41) is 0. The van der Waals surface area contributed by atoms with Crippen LogP contribution in [0.25, 0.3) is 11.0 Å². The van der Waals surface area contributed by atoms with E-state index in [0.29, 0.717) is 13.0 Å². The van der Waals surface area contributed by atoms with Gasteiger partial charge in [0.25, 0.3) is 0 Å². The van der Waals surface area contributed by atoms with Crippen LogP contribution in [-0.4, -0.2) is 22.4 Å². The number of halogens is 1. The Kier molecular flexibility index (Phi) is 3.22. The highest BCUT2D eigenvalue weighted by Gasteiger charge is 2.33. The van der Waals surface area contributed by atoms with Gasteiger partial charge in [0, 0.05) is 29.0 Å². The lowest BCUT2D eigenvalue weighted by atomic mass is 10.1. The number of para-hydroxylation sites is 2. The third-order valence-electron chi connectivity index (χ3n) is 4.04. The van der Waals surface area contributed by atoms with E-state index in [1.165, 1.54) is 0 Å². The molecule has 22 heavy (non-hydrogen) atoms. The normalized spacial score (nSPS) is 18.3. The van der Waals surface area contributed by atoms with Gasteiger partial charge < -0.3 is 9.88 Å². The largest absolute Gasteiger partial charge is 0.342 e. The minimum Gasteiger partial charge on any atom is -0.342 e. The molecule has 2 heterocycles. The minimum absolute atomic E-state index is 0.110. The quantitative estimate of drug-likeness (QED) is 0.758. The lowest BCUT2D eigenvalue weighted by Crippen LogP contribution is -2.24. The SMILES string of the molecule is O=C1C[C@@H](c2nc3ccccc3[nH]2)CN1c1cccc(Br)c1. The summed E-state index contributed by atoms with van der Waals surface area (Å²) in [7, 11) is 0. The van der Waals surface area contributed by atoms with E-state index in [2.05, 4.69) is 25.9 Å². The van der Waals surface area contributed by atoms with Crippen molar-refractivity contribution in [2.75, 3.05) is 11.4 Å². The van der Waals surface area contributed by atoms with Crippen molar-refractivity contribution in [3.8, 4) is 0 Å². The highest BCUT2D eigenvalue weighted by Crippen LogP contribution is 2.32. The fourth-order valence-electron chi connectivity index (χ4n) is 2.95. The molecule has 0 spiro atoms. The summed E-state index contributed by atoms with van der Waals surface area (Å²) in [4.78, 5) is 22.2. The lowest BCUT2D eigenvalue weighted by Gasteiger charge is -2.16. The van der Waals surface area contributed by atoms with Crippen LogP contribution >= 0.6 is 15.9 Å². The van der Waals surface area contributed by atoms with Crippen molar-refractivity contribution < 1.29 is 4.79 Å². The van der Waals surface area contributed by atoms with E-state index < -0.39 is 0 Å². The zero-order valence-corrected chi connectivity index (χ0v) is 13.4. The van der Waals surface area contributed by atoms with E-state index in [0.717, 1.165) is 27.0 Å². The first-order chi connectivity index (χ1) is 10.7. The number of carbonyl (C=O) groups is 1. The van der Waals surface area contributed by atoms with Gasteiger partial charge in [-0.05, 0) is 30.3 Å². The van der Waals surface area contributed by atoms with Crippen molar-refractivity contribution >= 4 is 38.6 Å². The predicted molar refractivity (Wildman–Crippen MR) is 89.9 cm³/mol. The second-order valence-corrected chi connectivity index (χ2v) is 6.44. The van der Waals surface area contributed by atoms with E-state index >= 15 is 0 Å². The maximum Gasteiger partial charge on any atom is 0.227 e. The number of hydrogen-bond donors (Lipinski definition) is 1. The number of nitrogens with zero attached hydrogens (tertiary/aromatic N) is 2. The number of H-pyrrole nitrogens is 1. The number of rotatable bonds is 2. The van der Waals surface area contributed by atoms with Crippen molar-refractivity contribution in [2.24, 2.45) is 0 Å². The Morgan fingerprint density at radius 2 is 2.05 bits per heavy atom.